The molecule has 1 N–H and O–H groups in total. The van der Waals surface area contributed by atoms with E-state index >= 15 is 0 Å². The number of hydrogen-bond acceptors (Lipinski definition) is 8. The summed E-state index contributed by atoms with van der Waals surface area (Å²) in [5.41, 5.74) is -1.16. The van der Waals surface area contributed by atoms with E-state index < -0.39 is 57.1 Å². The van der Waals surface area contributed by atoms with Crippen LogP contribution in [-0.4, -0.2) is 67.1 Å². The van der Waals surface area contributed by atoms with Gasteiger partial charge in [0.05, 0.1) is 18.4 Å². The fourth-order valence-corrected chi connectivity index (χ4v) is 4.37. The van der Waals surface area contributed by atoms with Crippen molar-refractivity contribution in [3.63, 3.8) is 0 Å². The second-order valence-corrected chi connectivity index (χ2v) is 7.06. The molecule has 0 aromatic carbocycles. The Balaban J connectivity index is 2.50. The van der Waals surface area contributed by atoms with Crippen LogP contribution in [0.2, 0.25) is 0 Å². The summed E-state index contributed by atoms with van der Waals surface area (Å²) in [4.78, 5) is 46.2. The molecule has 11 heteroatoms. The number of carbonyl (C=O) groups is 4. The summed E-state index contributed by atoms with van der Waals surface area (Å²) in [6.45, 7) is 0.510. The molecule has 2 heterocycles. The van der Waals surface area contributed by atoms with Crippen LogP contribution >= 0.6 is 0 Å². The van der Waals surface area contributed by atoms with Gasteiger partial charge in [-0.1, -0.05) is 0 Å². The number of aliphatic carboxylic acids is 1. The number of carbonyl (C=O) groups excluding carboxylic acids is 3. The number of ether oxygens (including phenoxy) is 2. The summed E-state index contributed by atoms with van der Waals surface area (Å²) in [5, 5.41) is 7.73. The molecule has 10 nitrogen and oxygen atoms in total. The number of β-lactam (4-membered cyclic amide) rings is 1. The molecule has 0 aliphatic carbocycles. The van der Waals surface area contributed by atoms with Gasteiger partial charge in [0.15, 0.2) is 15.2 Å². The van der Waals surface area contributed by atoms with Crippen molar-refractivity contribution >= 4 is 33.7 Å². The van der Waals surface area contributed by atoms with E-state index in [-0.39, 0.29) is 11.1 Å². The maximum absolute atomic E-state index is 12.3. The van der Waals surface area contributed by atoms with Crippen LogP contribution in [0.5, 0.6) is 0 Å². The first-order chi connectivity index (χ1) is 11.1. The van der Waals surface area contributed by atoms with Gasteiger partial charge in [0, 0.05) is 18.6 Å². The Bertz CT molecular complexity index is 805. The predicted octanol–water partition coefficient (Wildman–Crippen LogP) is -1.42. The lowest BCUT2D eigenvalue weighted by Gasteiger charge is -2.45. The van der Waals surface area contributed by atoms with Crippen molar-refractivity contribution in [3.05, 3.63) is 22.9 Å². The topological polar surface area (TPSA) is 144 Å². The molecule has 24 heavy (non-hydrogen) atoms. The minimum absolute atomic E-state index is 0.223. The molecule has 0 saturated carbocycles. The van der Waals surface area contributed by atoms with E-state index in [2.05, 4.69) is 9.47 Å². The Morgan fingerprint density at radius 1 is 1.38 bits per heavy atom. The standard InChI is InChI=1S/C13H13NO9S/c1-6(15)23-4-7-5-24(20,21)12-8(3-9(16)22-2)11(17)14(12)10(7)13(18)19/h3,12H,4-5H2,1-2H3,(H,18,19)/b8-3-/t12-/m1/s1. The zero-order valence-electron chi connectivity index (χ0n) is 12.6. The van der Waals surface area contributed by atoms with Gasteiger partial charge >= 0.3 is 17.9 Å². The smallest absolute Gasteiger partial charge is 0.352 e. The van der Waals surface area contributed by atoms with Gasteiger partial charge in [0.1, 0.15) is 12.3 Å². The lowest BCUT2D eigenvalue weighted by atomic mass is 10.0. The fraction of sp³-hybridized carbons (Fsp3) is 0.385. The third-order valence-corrected chi connectivity index (χ3v) is 5.28. The lowest BCUT2D eigenvalue weighted by Crippen LogP contribution is -2.62. The molecule has 0 bridgehead atoms. The molecule has 1 saturated heterocycles. The maximum Gasteiger partial charge on any atom is 0.352 e. The third kappa shape index (κ3) is 2.89. The molecular formula is C13H13NO9S. The number of amides is 1. The minimum Gasteiger partial charge on any atom is -0.477 e. The number of fused-ring (bicyclic) bond motifs is 1. The van der Waals surface area contributed by atoms with Crippen LogP contribution in [0.3, 0.4) is 0 Å². The monoisotopic (exact) mass is 359 g/mol. The second-order valence-electron chi connectivity index (χ2n) is 5.00. The zero-order chi connectivity index (χ0) is 18.2. The highest BCUT2D eigenvalue weighted by molar-refractivity contribution is 7.92. The average molecular weight is 359 g/mol. The lowest BCUT2D eigenvalue weighted by molar-refractivity contribution is -0.143. The Morgan fingerprint density at radius 2 is 2.00 bits per heavy atom. The molecule has 0 aromatic heterocycles. The number of carboxylic acids is 1. The molecular weight excluding hydrogens is 346 g/mol. The summed E-state index contributed by atoms with van der Waals surface area (Å²) in [6, 6.07) is 0. The summed E-state index contributed by atoms with van der Waals surface area (Å²) in [7, 11) is -2.96. The normalized spacial score (nSPS) is 23.4. The van der Waals surface area contributed by atoms with E-state index in [1.165, 1.54) is 0 Å². The third-order valence-electron chi connectivity index (χ3n) is 3.38. The molecule has 2 aliphatic heterocycles. The quantitative estimate of drug-likeness (QED) is 0.363. The van der Waals surface area contributed by atoms with Crippen molar-refractivity contribution in [2.75, 3.05) is 19.5 Å². The van der Waals surface area contributed by atoms with Crippen molar-refractivity contribution in [3.8, 4) is 0 Å². The number of nitrogens with zero attached hydrogens (tertiary/aromatic N) is 1. The van der Waals surface area contributed by atoms with Crippen LogP contribution in [0.1, 0.15) is 6.92 Å². The molecule has 1 atom stereocenters. The number of carboxylic acid groups (broad SMARTS) is 1. The minimum atomic E-state index is -4.01. The molecule has 0 radical (unpaired) electrons. The Labute approximate surface area is 136 Å². The van der Waals surface area contributed by atoms with E-state index in [9.17, 15) is 32.7 Å². The molecule has 2 rings (SSSR count). The maximum atomic E-state index is 12.3. The van der Waals surface area contributed by atoms with Crippen LogP contribution in [0.25, 0.3) is 0 Å². The van der Waals surface area contributed by atoms with Gasteiger partial charge in [0.25, 0.3) is 5.91 Å². The first-order valence-electron chi connectivity index (χ1n) is 6.53. The van der Waals surface area contributed by atoms with E-state index in [0.717, 1.165) is 20.1 Å². The number of hydrogen-bond donors (Lipinski definition) is 1. The number of sulfone groups is 1. The van der Waals surface area contributed by atoms with Crippen molar-refractivity contribution in [2.45, 2.75) is 12.3 Å². The highest BCUT2D eigenvalue weighted by Crippen LogP contribution is 2.40. The Morgan fingerprint density at radius 3 is 2.50 bits per heavy atom. The highest BCUT2D eigenvalue weighted by Gasteiger charge is 2.57. The van der Waals surface area contributed by atoms with E-state index in [4.69, 9.17) is 0 Å². The average Bonchev–Trinajstić information content (AvgIpc) is 2.48. The fourth-order valence-electron chi connectivity index (χ4n) is 2.43. The summed E-state index contributed by atoms with van der Waals surface area (Å²) < 4.78 is 33.7. The van der Waals surface area contributed by atoms with Crippen molar-refractivity contribution in [2.24, 2.45) is 0 Å². The van der Waals surface area contributed by atoms with Crippen LogP contribution < -0.4 is 0 Å². The van der Waals surface area contributed by atoms with E-state index in [1.54, 1.807) is 0 Å². The van der Waals surface area contributed by atoms with Crippen LogP contribution in [0, 0.1) is 0 Å². The van der Waals surface area contributed by atoms with Gasteiger partial charge in [-0.05, 0) is 0 Å². The van der Waals surface area contributed by atoms with E-state index in [1.807, 2.05) is 0 Å². The largest absolute Gasteiger partial charge is 0.477 e. The van der Waals surface area contributed by atoms with E-state index in [0.29, 0.717) is 4.90 Å². The van der Waals surface area contributed by atoms with Gasteiger partial charge in [-0.3, -0.25) is 14.5 Å². The molecule has 2 aliphatic rings. The predicted molar refractivity (Wildman–Crippen MR) is 75.8 cm³/mol. The molecule has 1 amide bonds. The van der Waals surface area contributed by atoms with Crippen molar-refractivity contribution < 1.29 is 42.2 Å². The van der Waals surface area contributed by atoms with Gasteiger partial charge in [-0.2, -0.15) is 0 Å². The SMILES string of the molecule is COC(=O)/C=C1/C(=O)N2C(C(=O)O)=C(COC(C)=O)CS(=O)(=O)[C@H]12. The molecule has 0 unspecified atom stereocenters. The first-order valence-corrected chi connectivity index (χ1v) is 8.25. The van der Waals surface area contributed by atoms with Crippen LogP contribution in [-0.2, 0) is 38.5 Å². The second kappa shape index (κ2) is 6.07. The molecule has 130 valence electrons. The Kier molecular flexibility index (Phi) is 4.47. The van der Waals surface area contributed by atoms with Gasteiger partial charge in [-0.25, -0.2) is 18.0 Å². The number of methoxy groups -OCH3 is 1. The van der Waals surface area contributed by atoms with Crippen LogP contribution in [0.4, 0.5) is 0 Å². The summed E-state index contributed by atoms with van der Waals surface area (Å²) >= 11 is 0. The first kappa shape index (κ1) is 17.7. The Hall–Kier alpha value is -2.69. The van der Waals surface area contributed by atoms with Gasteiger partial charge in [0.2, 0.25) is 0 Å². The molecule has 0 aromatic rings. The molecule has 1 fully saturated rings. The summed E-state index contributed by atoms with van der Waals surface area (Å²) in [5.74, 6) is -4.85. The molecule has 0 spiro atoms. The number of rotatable bonds is 4. The zero-order valence-corrected chi connectivity index (χ0v) is 13.5. The number of esters is 2. The van der Waals surface area contributed by atoms with Crippen LogP contribution in [0.15, 0.2) is 22.9 Å². The summed E-state index contributed by atoms with van der Waals surface area (Å²) in [6.07, 6.45) is 0.720. The van der Waals surface area contributed by atoms with Gasteiger partial charge < -0.3 is 14.6 Å². The van der Waals surface area contributed by atoms with Gasteiger partial charge in [-0.15, -0.1) is 0 Å². The van der Waals surface area contributed by atoms with Crippen molar-refractivity contribution in [1.82, 2.24) is 4.90 Å². The van der Waals surface area contributed by atoms with Crippen molar-refractivity contribution in [1.29, 1.82) is 0 Å². The highest BCUT2D eigenvalue weighted by atomic mass is 32.2.